The molecule has 2 N–H and O–H groups in total. The van der Waals surface area contributed by atoms with Gasteiger partial charge in [-0.2, -0.15) is 13.2 Å². The normalized spacial score (nSPS) is 16.2. The quantitative estimate of drug-likeness (QED) is 0.524. The van der Waals surface area contributed by atoms with Crippen LogP contribution in [0.2, 0.25) is 0 Å². The summed E-state index contributed by atoms with van der Waals surface area (Å²) in [5.41, 5.74) is -2.27. The van der Waals surface area contributed by atoms with Gasteiger partial charge in [0.25, 0.3) is 5.91 Å². The number of thiophene rings is 1. The summed E-state index contributed by atoms with van der Waals surface area (Å²) in [5, 5.41) is 14.2. The summed E-state index contributed by atoms with van der Waals surface area (Å²) in [7, 11) is 0. The smallest absolute Gasteiger partial charge is 0.431 e. The number of aliphatic hydroxyl groups is 1. The van der Waals surface area contributed by atoms with Gasteiger partial charge in [-0.05, 0) is 54.8 Å². The van der Waals surface area contributed by atoms with Crippen LogP contribution >= 0.6 is 11.3 Å². The minimum absolute atomic E-state index is 0.00818. The predicted molar refractivity (Wildman–Crippen MR) is 115 cm³/mol. The van der Waals surface area contributed by atoms with Crippen molar-refractivity contribution in [1.29, 1.82) is 0 Å². The van der Waals surface area contributed by atoms with Gasteiger partial charge in [-0.1, -0.05) is 6.07 Å². The van der Waals surface area contributed by atoms with E-state index in [0.717, 1.165) is 11.3 Å². The van der Waals surface area contributed by atoms with Gasteiger partial charge in [-0.3, -0.25) is 9.59 Å². The number of halogens is 3. The number of carbonyl (C=O) groups excluding carboxylic acids is 2. The Morgan fingerprint density at radius 3 is 2.52 bits per heavy atom. The van der Waals surface area contributed by atoms with E-state index in [1.54, 1.807) is 29.6 Å². The number of hydrogen-bond acceptors (Lipinski definition) is 6. The van der Waals surface area contributed by atoms with Gasteiger partial charge in [0.1, 0.15) is 17.6 Å². The van der Waals surface area contributed by atoms with Crippen molar-refractivity contribution < 1.29 is 32.6 Å². The molecule has 1 unspecified atom stereocenters. The molecule has 1 aromatic carbocycles. The lowest BCUT2D eigenvalue weighted by Crippen LogP contribution is -2.33. The summed E-state index contributed by atoms with van der Waals surface area (Å²) in [6.45, 7) is 2.32. The Balaban J connectivity index is 1.84. The van der Waals surface area contributed by atoms with Crippen LogP contribution in [0.3, 0.4) is 0 Å². The molecule has 10 heteroatoms. The van der Waals surface area contributed by atoms with Gasteiger partial charge in [-0.15, -0.1) is 11.3 Å². The first-order chi connectivity index (χ1) is 15.7. The van der Waals surface area contributed by atoms with Gasteiger partial charge in [0.2, 0.25) is 5.78 Å². The maximum atomic E-state index is 13.8. The molecule has 0 saturated heterocycles. The molecule has 1 aliphatic heterocycles. The van der Waals surface area contributed by atoms with Crippen molar-refractivity contribution in [2.24, 2.45) is 0 Å². The number of Topliss-reactive ketones (excluding diaryl/α,β-unsaturated/α-hetero) is 1. The number of ether oxygens (including phenoxy) is 1. The van der Waals surface area contributed by atoms with Crippen LogP contribution in [0.5, 0.6) is 5.75 Å². The Labute approximate surface area is 190 Å². The number of fused-ring (bicyclic) bond motifs is 1. The fourth-order valence-electron chi connectivity index (χ4n) is 3.45. The second-order valence-corrected chi connectivity index (χ2v) is 7.98. The molecule has 1 amide bonds. The van der Waals surface area contributed by atoms with Crippen LogP contribution in [-0.2, 0) is 0 Å². The average Bonchev–Trinajstić information content (AvgIpc) is 3.29. The maximum absolute atomic E-state index is 13.8. The van der Waals surface area contributed by atoms with Gasteiger partial charge in [0.05, 0.1) is 34.0 Å². The highest BCUT2D eigenvalue weighted by atomic mass is 32.1. The fraction of sp³-hybridized carbons (Fsp3) is 0.174. The van der Waals surface area contributed by atoms with Crippen molar-refractivity contribution in [2.75, 3.05) is 6.61 Å². The molecule has 1 atom stereocenters. The largest absolute Gasteiger partial charge is 0.494 e. The van der Waals surface area contributed by atoms with Crippen LogP contribution in [-0.4, -0.2) is 34.6 Å². The molecule has 4 rings (SSSR count). The van der Waals surface area contributed by atoms with Gasteiger partial charge in [-0.25, -0.2) is 4.98 Å². The summed E-state index contributed by atoms with van der Waals surface area (Å²) in [6, 6.07) is 12.4. The summed E-state index contributed by atoms with van der Waals surface area (Å²) in [4.78, 5) is 29.8. The number of benzene rings is 1. The number of nitrogens with one attached hydrogen (secondary N) is 1. The third-order valence-corrected chi connectivity index (χ3v) is 5.81. The lowest BCUT2D eigenvalue weighted by Gasteiger charge is -2.18. The van der Waals surface area contributed by atoms with E-state index in [0.29, 0.717) is 23.6 Å². The standard InChI is InChI=1S/C23H17F3N2O4S/c1-2-32-13-7-5-12(6-8-13)15-10-9-14-18(27-15)20(30)17(19(29)16-4-3-11-33-16)21(23(24,25)26)28-22(14)31/h3-11,20,30H,2H2,1H3,(H,28,31). The minimum atomic E-state index is -5.08. The number of amides is 1. The van der Waals surface area contributed by atoms with E-state index in [2.05, 4.69) is 4.98 Å². The fourth-order valence-corrected chi connectivity index (χ4v) is 4.13. The average molecular weight is 474 g/mol. The second-order valence-electron chi connectivity index (χ2n) is 7.04. The summed E-state index contributed by atoms with van der Waals surface area (Å²) in [6.07, 6.45) is -7.16. The summed E-state index contributed by atoms with van der Waals surface area (Å²) >= 11 is 0.926. The van der Waals surface area contributed by atoms with E-state index < -0.39 is 35.2 Å². The zero-order valence-corrected chi connectivity index (χ0v) is 18.0. The highest BCUT2D eigenvalue weighted by molar-refractivity contribution is 7.12. The van der Waals surface area contributed by atoms with Gasteiger partial charge >= 0.3 is 6.18 Å². The molecule has 0 saturated carbocycles. The number of carbonyl (C=O) groups is 2. The Hall–Kier alpha value is -3.50. The molecule has 3 aromatic rings. The number of hydrogen-bond donors (Lipinski definition) is 2. The van der Waals surface area contributed by atoms with E-state index in [9.17, 15) is 27.9 Å². The highest BCUT2D eigenvalue weighted by Crippen LogP contribution is 2.38. The number of pyridine rings is 1. The number of aromatic nitrogens is 1. The van der Waals surface area contributed by atoms with Crippen LogP contribution in [0, 0.1) is 0 Å². The number of ketones is 1. The first-order valence-corrected chi connectivity index (χ1v) is 10.7. The molecule has 6 nitrogen and oxygen atoms in total. The summed E-state index contributed by atoms with van der Waals surface area (Å²) < 4.78 is 46.9. The van der Waals surface area contributed by atoms with Crippen molar-refractivity contribution in [3.05, 3.63) is 81.3 Å². The zero-order valence-electron chi connectivity index (χ0n) is 17.1. The molecule has 0 bridgehead atoms. The predicted octanol–water partition coefficient (Wildman–Crippen LogP) is 4.68. The van der Waals surface area contributed by atoms with Gasteiger partial charge in [0.15, 0.2) is 0 Å². The van der Waals surface area contributed by atoms with Crippen LogP contribution in [0.25, 0.3) is 11.3 Å². The van der Waals surface area contributed by atoms with Crippen LogP contribution in [0.15, 0.2) is 65.2 Å². The number of allylic oxidation sites excluding steroid dienone is 1. The molecule has 0 fully saturated rings. The van der Waals surface area contributed by atoms with Crippen molar-refractivity contribution in [3.63, 3.8) is 0 Å². The Morgan fingerprint density at radius 2 is 1.91 bits per heavy atom. The first kappa shape index (κ1) is 22.7. The van der Waals surface area contributed by atoms with Crippen molar-refractivity contribution in [3.8, 4) is 17.0 Å². The Morgan fingerprint density at radius 1 is 1.18 bits per heavy atom. The molecule has 0 aliphatic carbocycles. The Kier molecular flexibility index (Phi) is 6.05. The highest BCUT2D eigenvalue weighted by Gasteiger charge is 2.45. The zero-order chi connectivity index (χ0) is 23.8. The van der Waals surface area contributed by atoms with Gasteiger partial charge < -0.3 is 15.2 Å². The molecule has 3 heterocycles. The lowest BCUT2D eigenvalue weighted by atomic mass is 9.96. The third-order valence-electron chi connectivity index (χ3n) is 4.94. The molecule has 170 valence electrons. The van der Waals surface area contributed by atoms with E-state index in [1.165, 1.54) is 29.6 Å². The second kappa shape index (κ2) is 8.80. The number of alkyl halides is 3. The topological polar surface area (TPSA) is 88.5 Å². The molecule has 2 aromatic heterocycles. The molecule has 0 spiro atoms. The molecular weight excluding hydrogens is 457 g/mol. The maximum Gasteiger partial charge on any atom is 0.431 e. The molecule has 0 radical (unpaired) electrons. The van der Waals surface area contributed by atoms with Crippen molar-refractivity contribution in [2.45, 2.75) is 19.2 Å². The van der Waals surface area contributed by atoms with E-state index >= 15 is 0 Å². The number of rotatable bonds is 5. The van der Waals surface area contributed by atoms with Crippen LogP contribution < -0.4 is 10.1 Å². The summed E-state index contributed by atoms with van der Waals surface area (Å²) in [5.74, 6) is -1.53. The number of aliphatic hydroxyl groups excluding tert-OH is 1. The monoisotopic (exact) mass is 474 g/mol. The molecular formula is C23H17F3N2O4S. The minimum Gasteiger partial charge on any atom is -0.494 e. The molecule has 1 aliphatic rings. The third kappa shape index (κ3) is 4.39. The molecule has 33 heavy (non-hydrogen) atoms. The van der Waals surface area contributed by atoms with Crippen molar-refractivity contribution >= 4 is 23.0 Å². The van der Waals surface area contributed by atoms with E-state index in [4.69, 9.17) is 4.74 Å². The first-order valence-electron chi connectivity index (χ1n) is 9.84. The Bertz CT molecular complexity index is 1240. The van der Waals surface area contributed by atoms with Crippen molar-refractivity contribution in [1.82, 2.24) is 10.3 Å². The van der Waals surface area contributed by atoms with E-state index in [1.807, 2.05) is 6.92 Å². The van der Waals surface area contributed by atoms with Gasteiger partial charge in [0, 0.05) is 5.56 Å². The van der Waals surface area contributed by atoms with E-state index in [-0.39, 0.29) is 16.1 Å². The van der Waals surface area contributed by atoms with Crippen LogP contribution in [0.1, 0.15) is 38.8 Å². The number of nitrogens with zero attached hydrogens (tertiary/aromatic N) is 1. The van der Waals surface area contributed by atoms with Crippen LogP contribution in [0.4, 0.5) is 13.2 Å². The SMILES string of the molecule is CCOc1ccc(-c2ccc3c(n2)C(O)C(C(=O)c2cccs2)=C(C(F)(F)F)NC3=O)cc1. The lowest BCUT2D eigenvalue weighted by molar-refractivity contribution is -0.0973.